The predicted molar refractivity (Wildman–Crippen MR) is 96.8 cm³/mol. The van der Waals surface area contributed by atoms with Crippen molar-refractivity contribution < 1.29 is 17.9 Å². The summed E-state index contributed by atoms with van der Waals surface area (Å²) in [5.41, 5.74) is 0.651. The van der Waals surface area contributed by atoms with E-state index in [0.717, 1.165) is 5.01 Å². The number of aromatic nitrogens is 1. The molecule has 9 heteroatoms. The molecule has 3 rings (SSSR count). The first kappa shape index (κ1) is 18.2. The van der Waals surface area contributed by atoms with Crippen LogP contribution in [0.3, 0.4) is 0 Å². The molecule has 0 spiro atoms. The molecular formula is C16H17ClN2O4S2. The number of halogens is 1. The van der Waals surface area contributed by atoms with Gasteiger partial charge in [-0.1, -0.05) is 11.6 Å². The summed E-state index contributed by atoms with van der Waals surface area (Å²) in [5.74, 6) is 0.649. The molecule has 0 aliphatic carbocycles. The minimum absolute atomic E-state index is 0.0238. The molecule has 6 nitrogen and oxygen atoms in total. The fourth-order valence-electron chi connectivity index (χ4n) is 2.52. The number of rotatable bonds is 6. The lowest BCUT2D eigenvalue weighted by molar-refractivity contribution is -0.121. The lowest BCUT2D eigenvalue weighted by atomic mass is 10.2. The highest BCUT2D eigenvalue weighted by Crippen LogP contribution is 2.18. The molecule has 1 aliphatic heterocycles. The largest absolute Gasteiger partial charge is 0.486 e. The van der Waals surface area contributed by atoms with E-state index in [1.54, 1.807) is 24.3 Å². The van der Waals surface area contributed by atoms with Gasteiger partial charge in [-0.2, -0.15) is 0 Å². The third-order valence-electron chi connectivity index (χ3n) is 3.71. The molecule has 1 aromatic carbocycles. The van der Waals surface area contributed by atoms with Gasteiger partial charge in [-0.3, -0.25) is 4.79 Å². The van der Waals surface area contributed by atoms with Gasteiger partial charge in [0, 0.05) is 16.4 Å². The zero-order chi connectivity index (χ0) is 17.9. The number of hydrogen-bond donors (Lipinski definition) is 1. The lowest BCUT2D eigenvalue weighted by Crippen LogP contribution is -2.36. The Kier molecular flexibility index (Phi) is 5.61. The van der Waals surface area contributed by atoms with Gasteiger partial charge in [-0.25, -0.2) is 13.4 Å². The summed E-state index contributed by atoms with van der Waals surface area (Å²) in [6.07, 6.45) is 0.610. The van der Waals surface area contributed by atoms with Crippen LogP contribution < -0.4 is 10.1 Å². The van der Waals surface area contributed by atoms with Crippen molar-refractivity contribution in [1.82, 2.24) is 10.3 Å². The number of nitrogens with one attached hydrogen (secondary N) is 1. The fraction of sp³-hybridized carbons (Fsp3) is 0.375. The normalized spacial score (nSPS) is 18.8. The first-order chi connectivity index (χ1) is 11.9. The number of sulfone groups is 1. The van der Waals surface area contributed by atoms with Crippen LogP contribution in [-0.2, 0) is 27.7 Å². The number of amides is 1. The monoisotopic (exact) mass is 400 g/mol. The molecule has 1 aliphatic rings. The van der Waals surface area contributed by atoms with Gasteiger partial charge in [0.2, 0.25) is 5.91 Å². The lowest BCUT2D eigenvalue weighted by Gasteiger charge is -2.09. The van der Waals surface area contributed by atoms with Crippen molar-refractivity contribution in [2.75, 3.05) is 11.5 Å². The molecule has 1 aromatic heterocycles. The smallest absolute Gasteiger partial charge is 0.226 e. The van der Waals surface area contributed by atoms with Crippen molar-refractivity contribution in [3.63, 3.8) is 0 Å². The second-order valence-corrected chi connectivity index (χ2v) is 9.43. The molecule has 2 heterocycles. The average Bonchev–Trinajstić information content (AvgIpc) is 3.13. The van der Waals surface area contributed by atoms with Crippen LogP contribution in [0.1, 0.15) is 17.1 Å². The Morgan fingerprint density at radius 1 is 1.36 bits per heavy atom. The van der Waals surface area contributed by atoms with E-state index < -0.39 is 9.84 Å². The summed E-state index contributed by atoms with van der Waals surface area (Å²) in [7, 11) is -3.00. The molecule has 1 atom stereocenters. The van der Waals surface area contributed by atoms with Gasteiger partial charge in [0.1, 0.15) is 17.4 Å². The van der Waals surface area contributed by atoms with Gasteiger partial charge in [0.05, 0.1) is 23.6 Å². The molecule has 134 valence electrons. The Hall–Kier alpha value is -1.64. The van der Waals surface area contributed by atoms with E-state index in [9.17, 15) is 13.2 Å². The summed E-state index contributed by atoms with van der Waals surface area (Å²) in [4.78, 5) is 16.4. The highest BCUT2D eigenvalue weighted by molar-refractivity contribution is 7.91. The standard InChI is InChI=1S/C16H17ClN2O4S2/c17-11-1-3-14(4-2-11)23-8-16-19-13(9-24-16)7-15(20)18-12-5-6-25(21,22)10-12/h1-4,9,12H,5-8,10H2,(H,18,20)/t12-/m0/s1. The predicted octanol–water partition coefficient (Wildman–Crippen LogP) is 2.22. The van der Waals surface area contributed by atoms with Crippen LogP contribution in [0, 0.1) is 0 Å². The highest BCUT2D eigenvalue weighted by atomic mass is 35.5. The summed E-state index contributed by atoms with van der Waals surface area (Å²) < 4.78 is 28.4. The van der Waals surface area contributed by atoms with Crippen molar-refractivity contribution >= 4 is 38.7 Å². The summed E-state index contributed by atoms with van der Waals surface area (Å²) >= 11 is 7.24. The Labute approximate surface area is 155 Å². The molecule has 0 bridgehead atoms. The second-order valence-electron chi connectivity index (χ2n) is 5.82. The fourth-order valence-corrected chi connectivity index (χ4v) is 5.03. The van der Waals surface area contributed by atoms with Crippen molar-refractivity contribution in [3.05, 3.63) is 45.4 Å². The molecule has 1 fully saturated rings. The number of hydrogen-bond acceptors (Lipinski definition) is 6. The van der Waals surface area contributed by atoms with Gasteiger partial charge in [0.25, 0.3) is 0 Å². The molecular weight excluding hydrogens is 384 g/mol. The van der Waals surface area contributed by atoms with E-state index >= 15 is 0 Å². The topological polar surface area (TPSA) is 85.4 Å². The molecule has 0 radical (unpaired) electrons. The zero-order valence-corrected chi connectivity index (χ0v) is 15.7. The first-order valence-electron chi connectivity index (χ1n) is 7.71. The molecule has 0 unspecified atom stereocenters. The Morgan fingerprint density at radius 3 is 2.80 bits per heavy atom. The third kappa shape index (κ3) is 5.42. The molecule has 2 aromatic rings. The van der Waals surface area contributed by atoms with Crippen LogP contribution in [0.15, 0.2) is 29.6 Å². The molecule has 1 amide bonds. The minimum Gasteiger partial charge on any atom is -0.486 e. The van der Waals surface area contributed by atoms with E-state index in [4.69, 9.17) is 16.3 Å². The number of thiazole rings is 1. The maximum absolute atomic E-state index is 12.0. The molecule has 1 saturated heterocycles. The van der Waals surface area contributed by atoms with Crippen molar-refractivity contribution in [2.45, 2.75) is 25.5 Å². The summed E-state index contributed by atoms with van der Waals surface area (Å²) in [6, 6.07) is 6.76. The third-order valence-corrected chi connectivity index (χ3v) is 6.61. The second kappa shape index (κ2) is 7.72. The number of carbonyl (C=O) groups excluding carboxylic acids is 1. The van der Waals surface area contributed by atoms with E-state index in [1.165, 1.54) is 11.3 Å². The maximum Gasteiger partial charge on any atom is 0.226 e. The number of ether oxygens (including phenoxy) is 1. The van der Waals surface area contributed by atoms with Crippen LogP contribution in [0.2, 0.25) is 5.02 Å². The van der Waals surface area contributed by atoms with Gasteiger partial charge in [-0.05, 0) is 30.7 Å². The molecule has 1 N–H and O–H groups in total. The molecule has 0 saturated carbocycles. The van der Waals surface area contributed by atoms with Crippen molar-refractivity contribution in [2.24, 2.45) is 0 Å². The first-order valence-corrected chi connectivity index (χ1v) is 10.8. The van der Waals surface area contributed by atoms with E-state index in [-0.39, 0.29) is 29.9 Å². The van der Waals surface area contributed by atoms with E-state index in [2.05, 4.69) is 10.3 Å². The van der Waals surface area contributed by atoms with Gasteiger partial charge < -0.3 is 10.1 Å². The van der Waals surface area contributed by atoms with Crippen LogP contribution >= 0.6 is 22.9 Å². The maximum atomic E-state index is 12.0. The summed E-state index contributed by atoms with van der Waals surface area (Å²) in [6.45, 7) is 0.314. The summed E-state index contributed by atoms with van der Waals surface area (Å²) in [5, 5.41) is 5.98. The van der Waals surface area contributed by atoms with Gasteiger partial charge >= 0.3 is 0 Å². The van der Waals surface area contributed by atoms with Crippen LogP contribution in [0.5, 0.6) is 5.75 Å². The van der Waals surface area contributed by atoms with E-state index in [0.29, 0.717) is 29.5 Å². The van der Waals surface area contributed by atoms with Gasteiger partial charge in [-0.15, -0.1) is 11.3 Å². The Balaban J connectivity index is 1.48. The van der Waals surface area contributed by atoms with Crippen molar-refractivity contribution in [3.8, 4) is 5.75 Å². The van der Waals surface area contributed by atoms with Crippen LogP contribution in [0.25, 0.3) is 0 Å². The van der Waals surface area contributed by atoms with Gasteiger partial charge in [0.15, 0.2) is 9.84 Å². The number of nitrogens with zero attached hydrogens (tertiary/aromatic N) is 1. The number of benzene rings is 1. The average molecular weight is 401 g/mol. The van der Waals surface area contributed by atoms with Crippen LogP contribution in [-0.4, -0.2) is 36.9 Å². The quantitative estimate of drug-likeness (QED) is 0.803. The Bertz CT molecular complexity index is 849. The minimum atomic E-state index is -3.00. The highest BCUT2D eigenvalue weighted by Gasteiger charge is 2.28. The molecule has 25 heavy (non-hydrogen) atoms. The van der Waals surface area contributed by atoms with Crippen LogP contribution in [0.4, 0.5) is 0 Å². The number of carbonyl (C=O) groups is 1. The zero-order valence-electron chi connectivity index (χ0n) is 13.3. The Morgan fingerprint density at radius 2 is 2.12 bits per heavy atom. The van der Waals surface area contributed by atoms with E-state index in [1.807, 2.05) is 5.38 Å². The SMILES string of the molecule is O=C(Cc1csc(COc2ccc(Cl)cc2)n1)N[C@H]1CCS(=O)(=O)C1. The van der Waals surface area contributed by atoms with Crippen molar-refractivity contribution in [1.29, 1.82) is 0 Å².